The van der Waals surface area contributed by atoms with E-state index in [9.17, 15) is 9.59 Å². The summed E-state index contributed by atoms with van der Waals surface area (Å²) in [6, 6.07) is -0.0283. The molecular formula is C14H24N2O3. The molecule has 0 bridgehead atoms. The molecule has 0 spiro atoms. The number of carbonyl (C=O) groups is 2. The van der Waals surface area contributed by atoms with Crippen LogP contribution >= 0.6 is 0 Å². The van der Waals surface area contributed by atoms with Crippen molar-refractivity contribution in [2.45, 2.75) is 39.0 Å². The lowest BCUT2D eigenvalue weighted by Crippen LogP contribution is -2.56. The van der Waals surface area contributed by atoms with E-state index < -0.39 is 5.97 Å². The maximum atomic E-state index is 11.9. The molecule has 5 nitrogen and oxygen atoms in total. The van der Waals surface area contributed by atoms with Gasteiger partial charge in [-0.3, -0.25) is 4.79 Å². The van der Waals surface area contributed by atoms with Crippen LogP contribution in [0.5, 0.6) is 0 Å². The number of rotatable bonds is 4. The predicted molar refractivity (Wildman–Crippen MR) is 71.8 cm³/mol. The molecule has 2 N–H and O–H groups in total. The number of nitrogens with zero attached hydrogens (tertiary/aromatic N) is 1. The standard InChI is InChI=1S/C14H24N2O3/c1-10(13(17)18)12-8-16(9-12)14(19)15-7-11-5-3-2-4-6-11/h10-12H,2-9H2,1H3,(H,15,19)(H,17,18). The summed E-state index contributed by atoms with van der Waals surface area (Å²) in [6.07, 6.45) is 6.33. The number of hydrogen-bond donors (Lipinski definition) is 2. The Bertz CT molecular complexity index is 334. The van der Waals surface area contributed by atoms with E-state index in [1.165, 1.54) is 32.1 Å². The average Bonchev–Trinajstić information content (AvgIpc) is 2.35. The number of urea groups is 1. The fourth-order valence-corrected chi connectivity index (χ4v) is 2.93. The zero-order valence-corrected chi connectivity index (χ0v) is 11.6. The van der Waals surface area contributed by atoms with E-state index in [2.05, 4.69) is 5.32 Å². The molecule has 2 aliphatic rings. The second-order valence-corrected chi connectivity index (χ2v) is 5.98. The minimum Gasteiger partial charge on any atom is -0.481 e. The fraction of sp³-hybridized carbons (Fsp3) is 0.857. The van der Waals surface area contributed by atoms with E-state index in [1.54, 1.807) is 11.8 Å². The normalized spacial score (nSPS) is 22.7. The van der Waals surface area contributed by atoms with Crippen molar-refractivity contribution in [2.24, 2.45) is 17.8 Å². The third kappa shape index (κ3) is 3.61. The van der Waals surface area contributed by atoms with Crippen molar-refractivity contribution in [2.75, 3.05) is 19.6 Å². The summed E-state index contributed by atoms with van der Waals surface area (Å²) in [5, 5.41) is 11.9. The second kappa shape index (κ2) is 6.26. The monoisotopic (exact) mass is 268 g/mol. The van der Waals surface area contributed by atoms with Gasteiger partial charge in [-0.15, -0.1) is 0 Å². The van der Waals surface area contributed by atoms with Gasteiger partial charge in [0.2, 0.25) is 0 Å². The Morgan fingerprint density at radius 3 is 2.47 bits per heavy atom. The van der Waals surface area contributed by atoms with Gasteiger partial charge in [0, 0.05) is 25.6 Å². The highest BCUT2D eigenvalue weighted by molar-refractivity contribution is 5.76. The molecule has 19 heavy (non-hydrogen) atoms. The zero-order valence-electron chi connectivity index (χ0n) is 11.6. The number of aliphatic carboxylic acids is 1. The zero-order chi connectivity index (χ0) is 13.8. The number of hydrogen-bond acceptors (Lipinski definition) is 2. The molecule has 1 saturated heterocycles. The maximum Gasteiger partial charge on any atom is 0.317 e. The summed E-state index contributed by atoms with van der Waals surface area (Å²) >= 11 is 0. The molecule has 0 aromatic carbocycles. The summed E-state index contributed by atoms with van der Waals surface area (Å²) in [6.45, 7) is 3.63. The van der Waals surface area contributed by atoms with Crippen LogP contribution in [0.3, 0.4) is 0 Å². The van der Waals surface area contributed by atoms with E-state index >= 15 is 0 Å². The van der Waals surface area contributed by atoms with E-state index in [0.717, 1.165) is 6.54 Å². The first-order valence-corrected chi connectivity index (χ1v) is 7.33. The van der Waals surface area contributed by atoms with Gasteiger partial charge in [0.05, 0.1) is 5.92 Å². The van der Waals surface area contributed by atoms with Crippen molar-refractivity contribution in [3.63, 3.8) is 0 Å². The van der Waals surface area contributed by atoms with Gasteiger partial charge in [-0.05, 0) is 18.8 Å². The molecule has 1 heterocycles. The van der Waals surface area contributed by atoms with Gasteiger partial charge in [-0.1, -0.05) is 26.2 Å². The van der Waals surface area contributed by atoms with Crippen LogP contribution in [0.2, 0.25) is 0 Å². The lowest BCUT2D eigenvalue weighted by Gasteiger charge is -2.41. The number of carboxylic acid groups (broad SMARTS) is 1. The van der Waals surface area contributed by atoms with Gasteiger partial charge in [-0.2, -0.15) is 0 Å². The van der Waals surface area contributed by atoms with Crippen LogP contribution in [0, 0.1) is 17.8 Å². The molecule has 2 fully saturated rings. The topological polar surface area (TPSA) is 69.6 Å². The number of carboxylic acids is 1. The Morgan fingerprint density at radius 1 is 1.26 bits per heavy atom. The van der Waals surface area contributed by atoms with Crippen LogP contribution < -0.4 is 5.32 Å². The molecule has 2 amide bonds. The highest BCUT2D eigenvalue weighted by atomic mass is 16.4. The molecule has 1 atom stereocenters. The van der Waals surface area contributed by atoms with E-state index in [1.807, 2.05) is 0 Å². The molecule has 0 aromatic rings. The molecule has 1 unspecified atom stereocenters. The lowest BCUT2D eigenvalue weighted by molar-refractivity contribution is -0.144. The quantitative estimate of drug-likeness (QED) is 0.818. The Kier molecular flexibility index (Phi) is 4.66. The largest absolute Gasteiger partial charge is 0.481 e. The highest BCUT2D eigenvalue weighted by Gasteiger charge is 2.37. The summed E-state index contributed by atoms with van der Waals surface area (Å²) < 4.78 is 0. The first-order valence-electron chi connectivity index (χ1n) is 7.33. The van der Waals surface area contributed by atoms with E-state index in [-0.39, 0.29) is 17.9 Å². The highest BCUT2D eigenvalue weighted by Crippen LogP contribution is 2.25. The van der Waals surface area contributed by atoms with Crippen molar-refractivity contribution in [1.82, 2.24) is 10.2 Å². The summed E-state index contributed by atoms with van der Waals surface area (Å²) in [5.74, 6) is -0.389. The van der Waals surface area contributed by atoms with Crippen LogP contribution in [-0.2, 0) is 4.79 Å². The van der Waals surface area contributed by atoms with Crippen molar-refractivity contribution in [3.05, 3.63) is 0 Å². The summed E-state index contributed by atoms with van der Waals surface area (Å²) in [4.78, 5) is 24.4. The Balaban J connectivity index is 1.64. The van der Waals surface area contributed by atoms with Crippen LogP contribution in [0.15, 0.2) is 0 Å². The Hall–Kier alpha value is -1.26. The van der Waals surface area contributed by atoms with Gasteiger partial charge in [0.15, 0.2) is 0 Å². The summed E-state index contributed by atoms with van der Waals surface area (Å²) in [5.41, 5.74) is 0. The molecule has 5 heteroatoms. The summed E-state index contributed by atoms with van der Waals surface area (Å²) in [7, 11) is 0. The first-order chi connectivity index (χ1) is 9.08. The van der Waals surface area contributed by atoms with Gasteiger partial charge in [-0.25, -0.2) is 4.79 Å². The molecule has 1 saturated carbocycles. The molecule has 0 aromatic heterocycles. The predicted octanol–water partition coefficient (Wildman–Crippen LogP) is 1.93. The van der Waals surface area contributed by atoms with Gasteiger partial charge < -0.3 is 15.3 Å². The van der Waals surface area contributed by atoms with Crippen molar-refractivity contribution >= 4 is 12.0 Å². The SMILES string of the molecule is CC(C(=O)O)C1CN(C(=O)NCC2CCCCC2)C1. The number of nitrogens with one attached hydrogen (secondary N) is 1. The molecule has 2 rings (SSSR count). The fourth-order valence-electron chi connectivity index (χ4n) is 2.93. The van der Waals surface area contributed by atoms with E-state index in [4.69, 9.17) is 5.11 Å². The minimum atomic E-state index is -0.771. The smallest absolute Gasteiger partial charge is 0.317 e. The van der Waals surface area contributed by atoms with Crippen LogP contribution in [0.25, 0.3) is 0 Å². The minimum absolute atomic E-state index is 0.0283. The van der Waals surface area contributed by atoms with Gasteiger partial charge >= 0.3 is 12.0 Å². The average molecular weight is 268 g/mol. The lowest BCUT2D eigenvalue weighted by atomic mass is 9.87. The third-order valence-electron chi connectivity index (χ3n) is 4.56. The van der Waals surface area contributed by atoms with Crippen LogP contribution in [-0.4, -0.2) is 41.6 Å². The third-order valence-corrected chi connectivity index (χ3v) is 4.56. The molecule has 1 aliphatic carbocycles. The number of amides is 2. The molecule has 108 valence electrons. The van der Waals surface area contributed by atoms with Crippen LogP contribution in [0.1, 0.15) is 39.0 Å². The Labute approximate surface area is 114 Å². The van der Waals surface area contributed by atoms with Gasteiger partial charge in [0.1, 0.15) is 0 Å². The molecule has 1 aliphatic heterocycles. The first kappa shape index (κ1) is 14.2. The van der Waals surface area contributed by atoms with Crippen LogP contribution in [0.4, 0.5) is 4.79 Å². The molecular weight excluding hydrogens is 244 g/mol. The van der Waals surface area contributed by atoms with Crippen molar-refractivity contribution in [1.29, 1.82) is 0 Å². The maximum absolute atomic E-state index is 11.9. The Morgan fingerprint density at radius 2 is 1.89 bits per heavy atom. The molecule has 0 radical (unpaired) electrons. The van der Waals surface area contributed by atoms with Crippen molar-refractivity contribution < 1.29 is 14.7 Å². The number of carbonyl (C=O) groups excluding carboxylic acids is 1. The number of likely N-dealkylation sites (tertiary alicyclic amines) is 1. The van der Waals surface area contributed by atoms with Gasteiger partial charge in [0.25, 0.3) is 0 Å². The van der Waals surface area contributed by atoms with E-state index in [0.29, 0.717) is 19.0 Å². The van der Waals surface area contributed by atoms with Crippen molar-refractivity contribution in [3.8, 4) is 0 Å². The second-order valence-electron chi connectivity index (χ2n) is 5.98.